The maximum absolute atomic E-state index is 13.2. The Balaban J connectivity index is 2.72. The minimum atomic E-state index is -1.93. The van der Waals surface area contributed by atoms with E-state index >= 15 is 0 Å². The van der Waals surface area contributed by atoms with E-state index in [2.05, 4.69) is 99.8 Å². The molecule has 12 heteroatoms. The number of aliphatic hydroxyl groups is 2. The highest BCUT2D eigenvalue weighted by Crippen LogP contribution is 2.26. The number of aliphatic carboxylic acids is 1. The van der Waals surface area contributed by atoms with Crippen LogP contribution in [0.2, 0.25) is 0 Å². The molecule has 12 nitrogen and oxygen atoms in total. The largest absolute Gasteiger partial charge is 0.479 e. The zero-order valence-corrected chi connectivity index (χ0v) is 48.2. The standard InChI is InChI=1S/C65H106O12/c1-4-7-10-13-16-19-22-25-27-28-29-30-32-34-36-39-42-45-48-51-57(66)73-54-56(75-58(67)52-49-46-43-40-38-35-31-26-23-20-17-14-11-8-5-2)55-74-65-63(61(70)60(69)62(77-65)64(71)72)76-59(68)53-50-47-44-41-37-33-24-21-18-15-12-9-6-3/h9,12,16-21,25-27,31,33,37,44,47,56,60-63,65,69-70H,4-8,10-11,13-15,22-24,28-30,32,34-36,38-43,45-46,48-55H2,1-3H3,(H,71,72)/b12-9-,19-16-,20-17-,21-18-,27-25-,31-26-,37-33-,47-44-. The third kappa shape index (κ3) is 42.3. The van der Waals surface area contributed by atoms with E-state index in [9.17, 15) is 34.5 Å². The van der Waals surface area contributed by atoms with Crippen molar-refractivity contribution in [3.8, 4) is 0 Å². The number of esters is 3. The lowest BCUT2D eigenvalue weighted by Gasteiger charge is -2.40. The number of allylic oxidation sites excluding steroid dienone is 16. The summed E-state index contributed by atoms with van der Waals surface area (Å²) in [6.45, 7) is 5.77. The molecule has 0 aromatic heterocycles. The highest BCUT2D eigenvalue weighted by Gasteiger charge is 2.50. The minimum Gasteiger partial charge on any atom is -0.479 e. The Hall–Kier alpha value is -4.36. The van der Waals surface area contributed by atoms with E-state index in [0.717, 1.165) is 96.3 Å². The third-order valence-electron chi connectivity index (χ3n) is 13.1. The van der Waals surface area contributed by atoms with Crippen molar-refractivity contribution >= 4 is 23.9 Å². The molecule has 1 saturated heterocycles. The summed E-state index contributed by atoms with van der Waals surface area (Å²) in [7, 11) is 0. The van der Waals surface area contributed by atoms with Crippen molar-refractivity contribution in [3.63, 3.8) is 0 Å². The summed E-state index contributed by atoms with van der Waals surface area (Å²) in [6.07, 6.45) is 56.8. The van der Waals surface area contributed by atoms with Crippen molar-refractivity contribution in [1.82, 2.24) is 0 Å². The van der Waals surface area contributed by atoms with Gasteiger partial charge in [-0.1, -0.05) is 208 Å². The number of hydrogen-bond donors (Lipinski definition) is 3. The van der Waals surface area contributed by atoms with Crippen LogP contribution in [0, 0.1) is 0 Å². The molecule has 6 atom stereocenters. The number of ether oxygens (including phenoxy) is 5. The second kappa shape index (κ2) is 52.3. The van der Waals surface area contributed by atoms with Gasteiger partial charge in [-0.2, -0.15) is 0 Å². The number of hydrogen-bond acceptors (Lipinski definition) is 11. The molecule has 0 saturated carbocycles. The molecule has 0 amide bonds. The number of carbonyl (C=O) groups is 4. The molecule has 1 fully saturated rings. The lowest BCUT2D eigenvalue weighted by Crippen LogP contribution is -2.61. The number of carboxylic acids is 1. The fourth-order valence-corrected chi connectivity index (χ4v) is 8.50. The average molecular weight is 1080 g/mol. The highest BCUT2D eigenvalue weighted by molar-refractivity contribution is 5.74. The molecule has 0 aromatic carbocycles. The number of carbonyl (C=O) groups excluding carboxylic acids is 3. The normalized spacial score (nSPS) is 18.7. The molecule has 0 spiro atoms. The van der Waals surface area contributed by atoms with Gasteiger partial charge in [0.15, 0.2) is 24.6 Å². The van der Waals surface area contributed by atoms with Gasteiger partial charge in [-0.25, -0.2) is 4.79 Å². The van der Waals surface area contributed by atoms with Crippen LogP contribution in [0.25, 0.3) is 0 Å². The predicted octanol–water partition coefficient (Wildman–Crippen LogP) is 15.7. The van der Waals surface area contributed by atoms with Gasteiger partial charge < -0.3 is 39.0 Å². The van der Waals surface area contributed by atoms with Gasteiger partial charge in [0.1, 0.15) is 18.8 Å². The van der Waals surface area contributed by atoms with E-state index < -0.39 is 67.3 Å². The van der Waals surface area contributed by atoms with Crippen LogP contribution in [0.4, 0.5) is 0 Å². The number of rotatable bonds is 50. The zero-order chi connectivity index (χ0) is 56.1. The molecular formula is C65H106O12. The number of carboxylic acid groups (broad SMARTS) is 1. The summed E-state index contributed by atoms with van der Waals surface area (Å²) in [4.78, 5) is 51.1. The molecule has 1 heterocycles. The monoisotopic (exact) mass is 1080 g/mol. The summed E-state index contributed by atoms with van der Waals surface area (Å²) in [5.74, 6) is -3.25. The second-order valence-electron chi connectivity index (χ2n) is 20.2. The highest BCUT2D eigenvalue weighted by atomic mass is 16.7. The molecule has 0 radical (unpaired) electrons. The van der Waals surface area contributed by atoms with Crippen LogP contribution < -0.4 is 0 Å². The third-order valence-corrected chi connectivity index (χ3v) is 13.1. The van der Waals surface area contributed by atoms with Crippen LogP contribution in [0.15, 0.2) is 97.2 Å². The number of unbranched alkanes of at least 4 members (excludes halogenated alkanes) is 20. The smallest absolute Gasteiger partial charge is 0.335 e. The average Bonchev–Trinajstić information content (AvgIpc) is 3.42. The molecule has 6 unspecified atom stereocenters. The molecule has 1 rings (SSSR count). The summed E-state index contributed by atoms with van der Waals surface area (Å²) >= 11 is 0. The van der Waals surface area contributed by atoms with E-state index in [-0.39, 0.29) is 25.9 Å². The molecule has 438 valence electrons. The van der Waals surface area contributed by atoms with Crippen LogP contribution in [0.1, 0.15) is 239 Å². The Labute approximate surface area is 466 Å². The van der Waals surface area contributed by atoms with Crippen LogP contribution in [0.3, 0.4) is 0 Å². The quantitative estimate of drug-likeness (QED) is 0.0228. The Morgan fingerprint density at radius 1 is 0.442 bits per heavy atom. The van der Waals surface area contributed by atoms with Crippen LogP contribution >= 0.6 is 0 Å². The molecule has 1 aliphatic heterocycles. The van der Waals surface area contributed by atoms with Gasteiger partial charge >= 0.3 is 23.9 Å². The maximum atomic E-state index is 13.2. The van der Waals surface area contributed by atoms with E-state index in [1.807, 2.05) is 18.2 Å². The first-order chi connectivity index (χ1) is 37.6. The van der Waals surface area contributed by atoms with Crippen molar-refractivity contribution in [2.75, 3.05) is 13.2 Å². The van der Waals surface area contributed by atoms with Gasteiger partial charge in [0, 0.05) is 19.3 Å². The first-order valence-electron chi connectivity index (χ1n) is 30.2. The molecule has 77 heavy (non-hydrogen) atoms. The van der Waals surface area contributed by atoms with E-state index in [1.54, 1.807) is 0 Å². The van der Waals surface area contributed by atoms with Gasteiger partial charge in [-0.15, -0.1) is 0 Å². The summed E-state index contributed by atoms with van der Waals surface area (Å²) in [5.41, 5.74) is 0. The molecule has 0 aromatic rings. The molecular weight excluding hydrogens is 973 g/mol. The Kier molecular flexibility index (Phi) is 48.0. The lowest BCUT2D eigenvalue weighted by atomic mass is 9.98. The van der Waals surface area contributed by atoms with Gasteiger partial charge in [0.05, 0.1) is 6.61 Å². The van der Waals surface area contributed by atoms with E-state index in [0.29, 0.717) is 25.7 Å². The molecule has 0 bridgehead atoms. The van der Waals surface area contributed by atoms with Gasteiger partial charge in [-0.3, -0.25) is 14.4 Å². The van der Waals surface area contributed by atoms with Crippen molar-refractivity contribution in [2.24, 2.45) is 0 Å². The van der Waals surface area contributed by atoms with Gasteiger partial charge in [0.25, 0.3) is 0 Å². The number of aliphatic hydroxyl groups excluding tert-OH is 2. The molecule has 1 aliphatic rings. The van der Waals surface area contributed by atoms with E-state index in [1.165, 1.54) is 77.0 Å². The summed E-state index contributed by atoms with van der Waals surface area (Å²) < 4.78 is 28.3. The Bertz CT molecular complexity index is 1710. The first-order valence-corrected chi connectivity index (χ1v) is 30.2. The first kappa shape index (κ1) is 70.7. The van der Waals surface area contributed by atoms with Gasteiger partial charge in [-0.05, 0) is 109 Å². The fourth-order valence-electron chi connectivity index (χ4n) is 8.50. The maximum Gasteiger partial charge on any atom is 0.335 e. The fraction of sp³-hybridized carbons (Fsp3) is 0.692. The van der Waals surface area contributed by atoms with Crippen molar-refractivity contribution in [2.45, 2.75) is 276 Å². The van der Waals surface area contributed by atoms with Crippen LogP contribution in [-0.4, -0.2) is 89.2 Å². The van der Waals surface area contributed by atoms with Crippen molar-refractivity contribution in [3.05, 3.63) is 97.2 Å². The second-order valence-corrected chi connectivity index (χ2v) is 20.2. The summed E-state index contributed by atoms with van der Waals surface area (Å²) in [5, 5.41) is 31.4. The Morgan fingerprint density at radius 3 is 1.30 bits per heavy atom. The van der Waals surface area contributed by atoms with Gasteiger partial charge in [0.2, 0.25) is 0 Å². The van der Waals surface area contributed by atoms with Crippen LogP contribution in [-0.2, 0) is 42.9 Å². The summed E-state index contributed by atoms with van der Waals surface area (Å²) in [6, 6.07) is 0. The Morgan fingerprint density at radius 2 is 0.844 bits per heavy atom. The predicted molar refractivity (Wildman–Crippen MR) is 312 cm³/mol. The van der Waals surface area contributed by atoms with Crippen molar-refractivity contribution in [1.29, 1.82) is 0 Å². The molecule has 0 aliphatic carbocycles. The lowest BCUT2D eigenvalue weighted by molar-refractivity contribution is -0.301. The van der Waals surface area contributed by atoms with Crippen molar-refractivity contribution < 1.29 is 58.2 Å². The van der Waals surface area contributed by atoms with E-state index in [4.69, 9.17) is 23.7 Å². The SMILES string of the molecule is CC/C=C\C/C=C\C/C=C\C/C=C\CCC(=O)OC1C(OCC(COC(=O)CCCCCCCCCCC/C=C\C/C=C\CCCCC)OC(=O)CCCCCCC/C=C\C/C=C\CCCCC)OC(C(=O)O)C(O)C1O. The van der Waals surface area contributed by atoms with Crippen LogP contribution in [0.5, 0.6) is 0 Å². The zero-order valence-electron chi connectivity index (χ0n) is 48.2. The molecule has 3 N–H and O–H groups in total. The minimum absolute atomic E-state index is 0.0662. The topological polar surface area (TPSA) is 175 Å².